The molecule has 0 unspecified atom stereocenters. The lowest BCUT2D eigenvalue weighted by Crippen LogP contribution is -2.45. The Hall–Kier alpha value is -3.48. The van der Waals surface area contributed by atoms with Gasteiger partial charge in [-0.1, -0.05) is 17.7 Å². The number of hydrogen-bond donors (Lipinski definition) is 4. The molecule has 1 aliphatic rings. The topological polar surface area (TPSA) is 140 Å². The van der Waals surface area contributed by atoms with Crippen molar-refractivity contribution in [1.82, 2.24) is 16.1 Å². The Morgan fingerprint density at radius 3 is 2.62 bits per heavy atom. The molecule has 1 heterocycles. The number of rotatable bonds is 12. The molecule has 0 aromatic heterocycles. The largest absolute Gasteiger partial charge is 0.491 e. The van der Waals surface area contributed by atoms with Gasteiger partial charge < -0.3 is 34.7 Å². The Kier molecular flexibility index (Phi) is 10.8. The van der Waals surface area contributed by atoms with Crippen LogP contribution in [0.1, 0.15) is 37.9 Å². The van der Waals surface area contributed by atoms with Gasteiger partial charge in [0.15, 0.2) is 23.5 Å². The molecule has 2 amide bonds. The highest BCUT2D eigenvalue weighted by Crippen LogP contribution is 2.35. The molecule has 0 aliphatic carbocycles. The first-order chi connectivity index (χ1) is 18.7. The summed E-state index contributed by atoms with van der Waals surface area (Å²) in [4.78, 5) is 24.5. The minimum absolute atomic E-state index is 0.152. The number of nitrogens with one attached hydrogen (secondary N) is 3. The van der Waals surface area contributed by atoms with E-state index >= 15 is 0 Å². The number of urea groups is 1. The van der Waals surface area contributed by atoms with Gasteiger partial charge in [-0.05, 0) is 72.1 Å². The zero-order valence-corrected chi connectivity index (χ0v) is 24.2. The number of ether oxygens (including phenoxy) is 4. The SMILES string of the molecule is CCOc1cc([C@@H]2NC(=O)NC(C)=C2C(=O)OC)ccc1OC[C@@H](O)N/N=C\c1cc(Cl)c(OCC)c(Br)c1. The number of methoxy groups -OCH3 is 1. The lowest BCUT2D eigenvalue weighted by molar-refractivity contribution is -0.136. The average Bonchev–Trinajstić information content (AvgIpc) is 2.89. The fraction of sp³-hybridized carbons (Fsp3) is 0.346. The first-order valence-electron chi connectivity index (χ1n) is 12.0. The molecule has 1 aliphatic heterocycles. The number of carbonyl (C=O) groups excluding carboxylic acids is 2. The van der Waals surface area contributed by atoms with Crippen LogP contribution >= 0.6 is 27.5 Å². The highest BCUT2D eigenvalue weighted by molar-refractivity contribution is 9.10. The first-order valence-corrected chi connectivity index (χ1v) is 13.2. The minimum Gasteiger partial charge on any atom is -0.491 e. The second kappa shape index (κ2) is 14.1. The highest BCUT2D eigenvalue weighted by Gasteiger charge is 2.32. The summed E-state index contributed by atoms with van der Waals surface area (Å²) in [7, 11) is 1.27. The summed E-state index contributed by atoms with van der Waals surface area (Å²) in [5.74, 6) is 0.699. The molecule has 0 saturated carbocycles. The van der Waals surface area contributed by atoms with Crippen LogP contribution in [0.4, 0.5) is 4.79 Å². The second-order valence-corrected chi connectivity index (χ2v) is 9.42. The van der Waals surface area contributed by atoms with Gasteiger partial charge in [0.05, 0.1) is 47.6 Å². The van der Waals surface area contributed by atoms with Crippen LogP contribution in [0.25, 0.3) is 0 Å². The molecule has 0 saturated heterocycles. The fourth-order valence-corrected chi connectivity index (χ4v) is 4.75. The molecule has 210 valence electrons. The molecule has 11 nitrogen and oxygen atoms in total. The summed E-state index contributed by atoms with van der Waals surface area (Å²) in [6.45, 7) is 5.96. The van der Waals surface area contributed by atoms with Crippen molar-refractivity contribution in [3.63, 3.8) is 0 Å². The fourth-order valence-electron chi connectivity index (χ4n) is 3.76. The van der Waals surface area contributed by atoms with Crippen molar-refractivity contribution < 1.29 is 33.6 Å². The second-order valence-electron chi connectivity index (χ2n) is 8.16. The van der Waals surface area contributed by atoms with Crippen LogP contribution < -0.4 is 30.3 Å². The van der Waals surface area contributed by atoms with Gasteiger partial charge in [0.1, 0.15) is 6.61 Å². The quantitative estimate of drug-likeness (QED) is 0.120. The van der Waals surface area contributed by atoms with Crippen molar-refractivity contribution in [2.75, 3.05) is 26.9 Å². The number of halogens is 2. The molecule has 0 radical (unpaired) electrons. The van der Waals surface area contributed by atoms with Crippen LogP contribution in [0.15, 0.2) is 51.2 Å². The molecule has 2 aromatic rings. The van der Waals surface area contributed by atoms with E-state index in [0.29, 0.717) is 56.8 Å². The van der Waals surface area contributed by atoms with Gasteiger partial charge in [-0.3, -0.25) is 5.43 Å². The molecule has 2 atom stereocenters. The summed E-state index contributed by atoms with van der Waals surface area (Å²) in [6, 6.07) is 7.26. The van der Waals surface area contributed by atoms with Gasteiger partial charge in [0.2, 0.25) is 0 Å². The predicted octanol–water partition coefficient (Wildman–Crippen LogP) is 4.02. The third-order valence-corrected chi connectivity index (χ3v) is 6.29. The number of aliphatic hydroxyl groups excluding tert-OH is 1. The molecule has 0 bridgehead atoms. The van der Waals surface area contributed by atoms with Crippen molar-refractivity contribution >= 4 is 45.7 Å². The van der Waals surface area contributed by atoms with Gasteiger partial charge in [-0.25, -0.2) is 9.59 Å². The minimum atomic E-state index is -1.14. The molecule has 13 heteroatoms. The van der Waals surface area contributed by atoms with Crippen LogP contribution in [0.5, 0.6) is 17.2 Å². The Labute approximate surface area is 239 Å². The maximum absolute atomic E-state index is 12.4. The van der Waals surface area contributed by atoms with Gasteiger partial charge >= 0.3 is 12.0 Å². The van der Waals surface area contributed by atoms with E-state index in [1.54, 1.807) is 37.3 Å². The van der Waals surface area contributed by atoms with E-state index in [4.69, 9.17) is 30.5 Å². The maximum Gasteiger partial charge on any atom is 0.337 e. The van der Waals surface area contributed by atoms with Crippen molar-refractivity contribution in [3.8, 4) is 17.2 Å². The third kappa shape index (κ3) is 7.78. The van der Waals surface area contributed by atoms with Crippen LogP contribution in [0, 0.1) is 0 Å². The number of benzene rings is 2. The van der Waals surface area contributed by atoms with E-state index in [1.807, 2.05) is 13.8 Å². The van der Waals surface area contributed by atoms with Gasteiger partial charge in [-0.15, -0.1) is 0 Å². The molecule has 39 heavy (non-hydrogen) atoms. The molecule has 2 aromatic carbocycles. The zero-order chi connectivity index (χ0) is 28.5. The number of esters is 1. The predicted molar refractivity (Wildman–Crippen MR) is 149 cm³/mol. The van der Waals surface area contributed by atoms with E-state index < -0.39 is 24.3 Å². The number of aliphatic hydroxyl groups is 1. The number of hydrogen-bond acceptors (Lipinski definition) is 9. The maximum atomic E-state index is 12.4. The Bertz CT molecular complexity index is 1250. The van der Waals surface area contributed by atoms with Gasteiger partial charge in [0.25, 0.3) is 0 Å². The number of carbonyl (C=O) groups is 2. The number of amides is 2. The van der Waals surface area contributed by atoms with Crippen LogP contribution in [-0.2, 0) is 9.53 Å². The van der Waals surface area contributed by atoms with E-state index in [1.165, 1.54) is 13.3 Å². The van der Waals surface area contributed by atoms with Crippen LogP contribution in [0.2, 0.25) is 5.02 Å². The number of hydrazone groups is 1. The summed E-state index contributed by atoms with van der Waals surface area (Å²) < 4.78 is 22.5. The lowest BCUT2D eigenvalue weighted by Gasteiger charge is -2.28. The summed E-state index contributed by atoms with van der Waals surface area (Å²) in [5, 5.41) is 20.1. The molecular formula is C26H30BrClN4O7. The molecule has 0 fully saturated rings. The monoisotopic (exact) mass is 624 g/mol. The molecule has 4 N–H and O–H groups in total. The van der Waals surface area contributed by atoms with Gasteiger partial charge in [-0.2, -0.15) is 5.10 Å². The van der Waals surface area contributed by atoms with Crippen LogP contribution in [0.3, 0.4) is 0 Å². The van der Waals surface area contributed by atoms with Gasteiger partial charge in [0, 0.05) is 5.70 Å². The Morgan fingerprint density at radius 1 is 1.21 bits per heavy atom. The Balaban J connectivity index is 1.69. The molecule has 0 spiro atoms. The summed E-state index contributed by atoms with van der Waals surface area (Å²) in [5.41, 5.74) is 4.52. The molecule has 3 rings (SSSR count). The number of nitrogens with zero attached hydrogens (tertiary/aromatic N) is 1. The van der Waals surface area contributed by atoms with E-state index in [0.717, 1.165) is 0 Å². The van der Waals surface area contributed by atoms with E-state index in [2.05, 4.69) is 37.1 Å². The molecular weight excluding hydrogens is 596 g/mol. The van der Waals surface area contributed by atoms with Crippen molar-refractivity contribution in [2.45, 2.75) is 33.0 Å². The standard InChI is InChI=1S/C26H30BrClN4O7/c1-5-37-20-11-16(23-22(25(34)36-4)14(3)30-26(35)31-23)7-8-19(20)39-13-21(33)32-29-12-15-9-17(27)24(38-6-2)18(28)10-15/h7-12,21,23,32-33H,5-6,13H2,1-4H3,(H2,30,31,35)/b29-12-/t21-,23+/m1/s1. The highest BCUT2D eigenvalue weighted by atomic mass is 79.9. The summed E-state index contributed by atoms with van der Waals surface area (Å²) in [6.07, 6.45) is 0.356. The van der Waals surface area contributed by atoms with E-state index in [-0.39, 0.29) is 12.2 Å². The third-order valence-electron chi connectivity index (χ3n) is 5.42. The lowest BCUT2D eigenvalue weighted by atomic mass is 9.95. The summed E-state index contributed by atoms with van der Waals surface area (Å²) >= 11 is 9.67. The smallest absolute Gasteiger partial charge is 0.337 e. The normalized spacial score (nSPS) is 15.9. The Morgan fingerprint density at radius 2 is 1.95 bits per heavy atom. The number of allylic oxidation sites excluding steroid dienone is 1. The van der Waals surface area contributed by atoms with Crippen LogP contribution in [-0.4, -0.2) is 56.5 Å². The average molecular weight is 626 g/mol. The first kappa shape index (κ1) is 30.1. The van der Waals surface area contributed by atoms with Crippen molar-refractivity contribution in [1.29, 1.82) is 0 Å². The van der Waals surface area contributed by atoms with Crippen molar-refractivity contribution in [3.05, 3.63) is 62.2 Å². The van der Waals surface area contributed by atoms with E-state index in [9.17, 15) is 14.7 Å². The van der Waals surface area contributed by atoms with Crippen molar-refractivity contribution in [2.24, 2.45) is 5.10 Å². The zero-order valence-electron chi connectivity index (χ0n) is 21.8.